The average Bonchev–Trinajstić information content (AvgIpc) is 3.22. The van der Waals surface area contributed by atoms with Gasteiger partial charge in [0.25, 0.3) is 0 Å². The molecule has 2 aromatic rings. The zero-order valence-electron chi connectivity index (χ0n) is 14.5. The molecule has 7 nitrogen and oxygen atoms in total. The summed E-state index contributed by atoms with van der Waals surface area (Å²) in [5.41, 5.74) is 1.80. The van der Waals surface area contributed by atoms with Gasteiger partial charge in [-0.25, -0.2) is 9.59 Å². The van der Waals surface area contributed by atoms with Crippen molar-refractivity contribution in [2.45, 2.75) is 39.2 Å². The second-order valence-corrected chi connectivity index (χ2v) is 7.04. The van der Waals surface area contributed by atoms with Gasteiger partial charge in [0.1, 0.15) is 11.6 Å². The molecule has 0 aliphatic heterocycles. The van der Waals surface area contributed by atoms with Crippen LogP contribution in [0.2, 0.25) is 0 Å². The van der Waals surface area contributed by atoms with Crippen molar-refractivity contribution in [3.8, 4) is 0 Å². The van der Waals surface area contributed by atoms with Crippen molar-refractivity contribution in [1.82, 2.24) is 0 Å². The van der Waals surface area contributed by atoms with Crippen LogP contribution in [0.3, 0.4) is 0 Å². The summed E-state index contributed by atoms with van der Waals surface area (Å²) < 4.78 is 15.1. The van der Waals surface area contributed by atoms with Crippen LogP contribution in [-0.2, 0) is 33.7 Å². The molecular formula is C18H19NO6S. The molecule has 1 amide bonds. The molecule has 1 aliphatic carbocycles. The number of aryl methyl sites for hydroxylation is 1. The van der Waals surface area contributed by atoms with Crippen molar-refractivity contribution in [2.24, 2.45) is 0 Å². The summed E-state index contributed by atoms with van der Waals surface area (Å²) in [6.45, 7) is 1.28. The molecule has 8 heteroatoms. The molecule has 0 fully saturated rings. The van der Waals surface area contributed by atoms with E-state index in [0.717, 1.165) is 36.1 Å². The molecule has 0 bridgehead atoms. The van der Waals surface area contributed by atoms with E-state index in [-0.39, 0.29) is 18.3 Å². The SMILES string of the molecule is COC(=O)c1occc1COC(=O)c1c(NC(C)=O)sc2c1CCCC2. The van der Waals surface area contributed by atoms with E-state index in [1.165, 1.54) is 31.6 Å². The van der Waals surface area contributed by atoms with Gasteiger partial charge in [0, 0.05) is 17.4 Å². The van der Waals surface area contributed by atoms with Crippen LogP contribution in [-0.4, -0.2) is 25.0 Å². The fourth-order valence-corrected chi connectivity index (χ4v) is 4.29. The van der Waals surface area contributed by atoms with Crippen LogP contribution in [0.1, 0.15) is 56.7 Å². The van der Waals surface area contributed by atoms with Gasteiger partial charge in [0.15, 0.2) is 0 Å². The predicted molar refractivity (Wildman–Crippen MR) is 94.4 cm³/mol. The topological polar surface area (TPSA) is 94.8 Å². The van der Waals surface area contributed by atoms with E-state index in [1.807, 2.05) is 0 Å². The number of hydrogen-bond acceptors (Lipinski definition) is 7. The molecule has 0 saturated carbocycles. The second-order valence-electron chi connectivity index (χ2n) is 5.94. The number of rotatable bonds is 5. The molecule has 3 rings (SSSR count). The summed E-state index contributed by atoms with van der Waals surface area (Å²) in [5, 5.41) is 3.25. The van der Waals surface area contributed by atoms with Gasteiger partial charge in [0.05, 0.1) is 18.9 Å². The molecule has 2 aromatic heterocycles. The first-order valence-electron chi connectivity index (χ1n) is 8.25. The lowest BCUT2D eigenvalue weighted by molar-refractivity contribution is -0.114. The maximum Gasteiger partial charge on any atom is 0.374 e. The molecule has 2 heterocycles. The van der Waals surface area contributed by atoms with E-state index in [2.05, 4.69) is 10.1 Å². The van der Waals surface area contributed by atoms with Gasteiger partial charge in [-0.1, -0.05) is 0 Å². The number of furan rings is 1. The number of hydrogen-bond donors (Lipinski definition) is 1. The van der Waals surface area contributed by atoms with Crippen molar-refractivity contribution >= 4 is 34.2 Å². The van der Waals surface area contributed by atoms with Crippen LogP contribution in [0.25, 0.3) is 0 Å². The summed E-state index contributed by atoms with van der Waals surface area (Å²) >= 11 is 1.43. The number of esters is 2. The number of methoxy groups -OCH3 is 1. The Hall–Kier alpha value is -2.61. The van der Waals surface area contributed by atoms with Gasteiger partial charge >= 0.3 is 11.9 Å². The first kappa shape index (κ1) is 18.2. The lowest BCUT2D eigenvalue weighted by Crippen LogP contribution is -2.14. The number of nitrogens with one attached hydrogen (secondary N) is 1. The van der Waals surface area contributed by atoms with Crippen molar-refractivity contribution in [3.63, 3.8) is 0 Å². The minimum atomic E-state index is -0.632. The van der Waals surface area contributed by atoms with E-state index in [4.69, 9.17) is 9.15 Å². The lowest BCUT2D eigenvalue weighted by atomic mass is 9.95. The Bertz CT molecular complexity index is 850. The molecule has 0 aromatic carbocycles. The molecule has 0 atom stereocenters. The molecule has 26 heavy (non-hydrogen) atoms. The number of amides is 1. The van der Waals surface area contributed by atoms with E-state index >= 15 is 0 Å². The van der Waals surface area contributed by atoms with Crippen LogP contribution in [0.5, 0.6) is 0 Å². The fourth-order valence-electron chi connectivity index (χ4n) is 2.97. The first-order valence-corrected chi connectivity index (χ1v) is 9.06. The Labute approximate surface area is 154 Å². The third-order valence-corrected chi connectivity index (χ3v) is 5.35. The Kier molecular flexibility index (Phi) is 5.41. The molecule has 0 spiro atoms. The van der Waals surface area contributed by atoms with E-state index < -0.39 is 11.9 Å². The van der Waals surface area contributed by atoms with Gasteiger partial charge in [-0.15, -0.1) is 11.3 Å². The number of carbonyl (C=O) groups excluding carboxylic acids is 3. The average molecular weight is 377 g/mol. The normalized spacial score (nSPS) is 13.0. The summed E-state index contributed by atoms with van der Waals surface area (Å²) in [6, 6.07) is 1.55. The van der Waals surface area contributed by atoms with Gasteiger partial charge in [-0.05, 0) is 37.3 Å². The van der Waals surface area contributed by atoms with Crippen LogP contribution in [0.15, 0.2) is 16.7 Å². The molecule has 0 unspecified atom stereocenters. The molecule has 138 valence electrons. The Morgan fingerprint density at radius 2 is 2.00 bits per heavy atom. The molecule has 0 saturated heterocycles. The standard InChI is InChI=1S/C18H19NO6S/c1-10(20)19-16-14(12-5-3-4-6-13(12)26-16)17(21)25-9-11-7-8-24-15(11)18(22)23-2/h7-8H,3-6,9H2,1-2H3,(H,19,20). The van der Waals surface area contributed by atoms with Crippen LogP contribution in [0, 0.1) is 0 Å². The minimum Gasteiger partial charge on any atom is -0.463 e. The monoisotopic (exact) mass is 377 g/mol. The Morgan fingerprint density at radius 3 is 2.73 bits per heavy atom. The van der Waals surface area contributed by atoms with Crippen molar-refractivity contribution < 1.29 is 28.3 Å². The zero-order chi connectivity index (χ0) is 18.7. The highest BCUT2D eigenvalue weighted by atomic mass is 32.1. The number of fused-ring (bicyclic) bond motifs is 1. The Morgan fingerprint density at radius 1 is 1.23 bits per heavy atom. The number of thiophene rings is 1. The second kappa shape index (κ2) is 7.74. The quantitative estimate of drug-likeness (QED) is 0.803. The minimum absolute atomic E-state index is 0.00901. The van der Waals surface area contributed by atoms with E-state index in [0.29, 0.717) is 16.1 Å². The highest BCUT2D eigenvalue weighted by Gasteiger charge is 2.27. The van der Waals surface area contributed by atoms with Crippen molar-refractivity contribution in [3.05, 3.63) is 39.7 Å². The fraction of sp³-hybridized carbons (Fsp3) is 0.389. The molecular weight excluding hydrogens is 358 g/mol. The number of carbonyl (C=O) groups is 3. The maximum absolute atomic E-state index is 12.7. The highest BCUT2D eigenvalue weighted by Crippen LogP contribution is 2.38. The summed E-state index contributed by atoms with van der Waals surface area (Å²) in [4.78, 5) is 36.9. The largest absolute Gasteiger partial charge is 0.463 e. The van der Waals surface area contributed by atoms with Crippen LogP contribution in [0.4, 0.5) is 5.00 Å². The zero-order valence-corrected chi connectivity index (χ0v) is 15.4. The summed E-state index contributed by atoms with van der Waals surface area (Å²) in [5.74, 6) is -1.38. The van der Waals surface area contributed by atoms with Gasteiger partial charge in [0.2, 0.25) is 11.7 Å². The molecule has 0 radical (unpaired) electrons. The summed E-state index contributed by atoms with van der Waals surface area (Å²) in [6.07, 6.45) is 5.09. The van der Waals surface area contributed by atoms with E-state index in [9.17, 15) is 14.4 Å². The third kappa shape index (κ3) is 3.65. The number of ether oxygens (including phenoxy) is 2. The van der Waals surface area contributed by atoms with Crippen molar-refractivity contribution in [2.75, 3.05) is 12.4 Å². The predicted octanol–water partition coefficient (Wildman–Crippen LogP) is 3.32. The first-order chi connectivity index (χ1) is 12.5. The smallest absolute Gasteiger partial charge is 0.374 e. The third-order valence-electron chi connectivity index (χ3n) is 4.14. The van der Waals surface area contributed by atoms with Crippen LogP contribution < -0.4 is 5.32 Å². The van der Waals surface area contributed by atoms with Gasteiger partial charge < -0.3 is 19.2 Å². The van der Waals surface area contributed by atoms with Gasteiger partial charge in [-0.2, -0.15) is 0 Å². The molecule has 1 aliphatic rings. The highest BCUT2D eigenvalue weighted by molar-refractivity contribution is 7.17. The lowest BCUT2D eigenvalue weighted by Gasteiger charge is -2.12. The summed E-state index contributed by atoms with van der Waals surface area (Å²) in [7, 11) is 1.25. The Balaban J connectivity index is 1.81. The molecule has 1 N–H and O–H groups in total. The van der Waals surface area contributed by atoms with E-state index in [1.54, 1.807) is 6.07 Å². The maximum atomic E-state index is 12.7. The number of anilines is 1. The van der Waals surface area contributed by atoms with Gasteiger partial charge in [-0.3, -0.25) is 4.79 Å². The van der Waals surface area contributed by atoms with Crippen molar-refractivity contribution in [1.29, 1.82) is 0 Å². The van der Waals surface area contributed by atoms with Crippen LogP contribution >= 0.6 is 11.3 Å².